The van der Waals surface area contributed by atoms with Crippen molar-refractivity contribution in [1.29, 1.82) is 0 Å². The van der Waals surface area contributed by atoms with E-state index in [1.807, 2.05) is 20.0 Å². The number of hydrogen-bond acceptors (Lipinski definition) is 6. The van der Waals surface area contributed by atoms with Crippen molar-refractivity contribution in [1.82, 2.24) is 9.80 Å². The van der Waals surface area contributed by atoms with Crippen molar-refractivity contribution in [3.8, 4) is 0 Å². The smallest absolute Gasteiger partial charge is 0.323 e. The molecule has 2 aliphatic heterocycles. The van der Waals surface area contributed by atoms with Crippen LogP contribution in [0.2, 0.25) is 0 Å². The highest BCUT2D eigenvalue weighted by atomic mass is 32.2. The summed E-state index contributed by atoms with van der Waals surface area (Å²) in [5.41, 5.74) is 0.825. The molecule has 0 bridgehead atoms. The zero-order chi connectivity index (χ0) is 14.9. The Balaban J connectivity index is 2.24. The van der Waals surface area contributed by atoms with Crippen molar-refractivity contribution >= 4 is 51.9 Å². The van der Waals surface area contributed by atoms with E-state index in [-0.39, 0.29) is 12.5 Å². The fraction of sp³-hybridized carbons (Fsp3) is 0.417. The van der Waals surface area contributed by atoms with Crippen LogP contribution in [0.4, 0.5) is 0 Å². The number of carboxylic acid groups (broad SMARTS) is 1. The van der Waals surface area contributed by atoms with Crippen LogP contribution in [0.25, 0.3) is 0 Å². The van der Waals surface area contributed by atoms with Gasteiger partial charge in [-0.15, -0.1) is 11.8 Å². The van der Waals surface area contributed by atoms with Gasteiger partial charge in [0.25, 0.3) is 5.91 Å². The lowest BCUT2D eigenvalue weighted by Gasteiger charge is -2.12. The first-order valence-corrected chi connectivity index (χ1v) is 8.13. The molecular weight excluding hydrogens is 316 g/mol. The minimum Gasteiger partial charge on any atom is -0.480 e. The Kier molecular flexibility index (Phi) is 4.77. The van der Waals surface area contributed by atoms with Gasteiger partial charge in [-0.3, -0.25) is 14.5 Å². The maximum Gasteiger partial charge on any atom is 0.323 e. The number of rotatable bonds is 3. The van der Waals surface area contributed by atoms with Crippen LogP contribution in [0.1, 0.15) is 6.92 Å². The fourth-order valence-corrected chi connectivity index (χ4v) is 4.22. The summed E-state index contributed by atoms with van der Waals surface area (Å²) >= 11 is 7.98. The first-order chi connectivity index (χ1) is 9.40. The predicted molar refractivity (Wildman–Crippen MR) is 85.4 cm³/mol. The normalized spacial score (nSPS) is 24.0. The number of aliphatic carboxylic acids is 1. The average Bonchev–Trinajstić information content (AvgIpc) is 2.88. The van der Waals surface area contributed by atoms with Crippen molar-refractivity contribution in [2.24, 2.45) is 0 Å². The van der Waals surface area contributed by atoms with Gasteiger partial charge in [0.05, 0.1) is 9.93 Å². The van der Waals surface area contributed by atoms with Gasteiger partial charge in [0.2, 0.25) is 0 Å². The lowest BCUT2D eigenvalue weighted by atomic mass is 10.2. The van der Waals surface area contributed by atoms with Crippen molar-refractivity contribution in [2.75, 3.05) is 25.9 Å². The average molecular weight is 330 g/mol. The van der Waals surface area contributed by atoms with Crippen LogP contribution in [0.5, 0.6) is 0 Å². The highest BCUT2D eigenvalue weighted by molar-refractivity contribution is 8.26. The van der Waals surface area contributed by atoms with Crippen LogP contribution in [0.3, 0.4) is 0 Å². The number of amides is 1. The molecule has 2 fully saturated rings. The van der Waals surface area contributed by atoms with E-state index in [0.717, 1.165) is 27.8 Å². The summed E-state index contributed by atoms with van der Waals surface area (Å²) in [6.45, 7) is 2.46. The molecule has 2 heterocycles. The van der Waals surface area contributed by atoms with Crippen LogP contribution in [-0.4, -0.2) is 57.0 Å². The molecule has 0 radical (unpaired) electrons. The van der Waals surface area contributed by atoms with E-state index in [2.05, 4.69) is 4.90 Å². The monoisotopic (exact) mass is 330 g/mol. The maximum atomic E-state index is 12.2. The molecule has 2 aliphatic rings. The van der Waals surface area contributed by atoms with Crippen molar-refractivity contribution in [2.45, 2.75) is 6.92 Å². The van der Waals surface area contributed by atoms with Crippen LogP contribution in [0, 0.1) is 0 Å². The molecule has 0 unspecified atom stereocenters. The number of allylic oxidation sites excluding steroid dienone is 2. The Bertz CT molecular complexity index is 542. The molecule has 0 saturated carbocycles. The lowest BCUT2D eigenvalue weighted by Crippen LogP contribution is -2.33. The molecule has 20 heavy (non-hydrogen) atoms. The summed E-state index contributed by atoms with van der Waals surface area (Å²) in [6.07, 6.45) is 1.96. The van der Waals surface area contributed by atoms with Gasteiger partial charge in [0, 0.05) is 19.3 Å². The first kappa shape index (κ1) is 15.4. The molecule has 8 heteroatoms. The number of carboxylic acids is 1. The van der Waals surface area contributed by atoms with E-state index < -0.39 is 5.97 Å². The number of thiocarbonyl (C=S) groups is 1. The number of nitrogens with zero attached hydrogens (tertiary/aromatic N) is 2. The third-order valence-electron chi connectivity index (χ3n) is 2.89. The lowest BCUT2D eigenvalue weighted by molar-refractivity contribution is -0.140. The maximum absolute atomic E-state index is 12.2. The van der Waals surface area contributed by atoms with Crippen LogP contribution in [0.15, 0.2) is 21.6 Å². The van der Waals surface area contributed by atoms with E-state index in [9.17, 15) is 9.59 Å². The summed E-state index contributed by atoms with van der Waals surface area (Å²) in [4.78, 5) is 26.7. The second-order valence-corrected chi connectivity index (χ2v) is 7.18. The molecule has 0 spiro atoms. The van der Waals surface area contributed by atoms with Crippen LogP contribution in [-0.2, 0) is 9.59 Å². The molecule has 0 atom stereocenters. The highest BCUT2D eigenvalue weighted by Crippen LogP contribution is 2.35. The zero-order valence-corrected chi connectivity index (χ0v) is 13.5. The van der Waals surface area contributed by atoms with Crippen LogP contribution < -0.4 is 0 Å². The SMILES string of the molecule is CC(/C=C1/SCCN1C)=C1\SC(=S)N(CC(=O)O)C1=O. The Labute approximate surface area is 131 Å². The summed E-state index contributed by atoms with van der Waals surface area (Å²) in [5, 5.41) is 9.91. The quantitative estimate of drug-likeness (QED) is 0.624. The van der Waals surface area contributed by atoms with Gasteiger partial charge in [-0.05, 0) is 18.6 Å². The topological polar surface area (TPSA) is 60.9 Å². The molecule has 1 amide bonds. The molecule has 0 aliphatic carbocycles. The molecule has 0 aromatic heterocycles. The summed E-state index contributed by atoms with van der Waals surface area (Å²) < 4.78 is 0.303. The van der Waals surface area contributed by atoms with Gasteiger partial charge in [-0.1, -0.05) is 24.0 Å². The Morgan fingerprint density at radius 2 is 2.25 bits per heavy atom. The molecule has 0 aromatic carbocycles. The zero-order valence-electron chi connectivity index (χ0n) is 11.1. The Morgan fingerprint density at radius 1 is 1.55 bits per heavy atom. The molecule has 0 aromatic rings. The third kappa shape index (κ3) is 3.18. The van der Waals surface area contributed by atoms with Crippen molar-refractivity contribution in [3.05, 3.63) is 21.6 Å². The molecule has 2 saturated heterocycles. The minimum atomic E-state index is -1.07. The Hall–Kier alpha value is -0.990. The molecule has 2 rings (SSSR count). The minimum absolute atomic E-state index is 0.303. The van der Waals surface area contributed by atoms with Crippen LogP contribution >= 0.6 is 35.7 Å². The summed E-state index contributed by atoms with van der Waals surface area (Å²) in [5.74, 6) is -0.345. The standard InChI is InChI=1S/C12H14N2O3S3/c1-7(5-8-13(2)3-4-19-8)10-11(17)14(6-9(15)16)12(18)20-10/h5H,3-4,6H2,1-2H3,(H,15,16)/b8-5+,10-7+. The largest absolute Gasteiger partial charge is 0.480 e. The van der Waals surface area contributed by atoms with Gasteiger partial charge >= 0.3 is 5.97 Å². The van der Waals surface area contributed by atoms with Gasteiger partial charge < -0.3 is 10.0 Å². The van der Waals surface area contributed by atoms with Crippen molar-refractivity contribution in [3.63, 3.8) is 0 Å². The first-order valence-electron chi connectivity index (χ1n) is 5.92. The second kappa shape index (κ2) is 6.19. The second-order valence-electron chi connectivity index (χ2n) is 4.42. The molecule has 5 nitrogen and oxygen atoms in total. The van der Waals surface area contributed by atoms with Gasteiger partial charge in [0.1, 0.15) is 10.9 Å². The fourth-order valence-electron chi connectivity index (χ4n) is 1.82. The summed E-state index contributed by atoms with van der Waals surface area (Å²) in [7, 11) is 2.01. The predicted octanol–water partition coefficient (Wildman–Crippen LogP) is 1.73. The van der Waals surface area contributed by atoms with Gasteiger partial charge in [-0.25, -0.2) is 0 Å². The van der Waals surface area contributed by atoms with E-state index in [4.69, 9.17) is 17.3 Å². The van der Waals surface area contributed by atoms with Gasteiger partial charge in [-0.2, -0.15) is 0 Å². The van der Waals surface area contributed by atoms with E-state index >= 15 is 0 Å². The van der Waals surface area contributed by atoms with Crippen molar-refractivity contribution < 1.29 is 14.7 Å². The number of carbonyl (C=O) groups excluding carboxylic acids is 1. The van der Waals surface area contributed by atoms with E-state index in [1.165, 1.54) is 11.8 Å². The highest BCUT2D eigenvalue weighted by Gasteiger charge is 2.34. The van der Waals surface area contributed by atoms with E-state index in [0.29, 0.717) is 9.23 Å². The number of hydrogen-bond donors (Lipinski definition) is 1. The third-order valence-corrected chi connectivity index (χ3v) is 5.57. The molecule has 108 valence electrons. The number of carbonyl (C=O) groups is 2. The van der Waals surface area contributed by atoms with E-state index in [1.54, 1.807) is 11.8 Å². The number of thioether (sulfide) groups is 2. The Morgan fingerprint density at radius 3 is 2.80 bits per heavy atom. The summed E-state index contributed by atoms with van der Waals surface area (Å²) in [6, 6.07) is 0. The molecule has 1 N–H and O–H groups in total. The molecular formula is C12H14N2O3S3. The van der Waals surface area contributed by atoms with Gasteiger partial charge in [0.15, 0.2) is 0 Å².